The summed E-state index contributed by atoms with van der Waals surface area (Å²) < 4.78 is 5.20. The van der Waals surface area contributed by atoms with Gasteiger partial charge in [-0.3, -0.25) is 14.5 Å². The Morgan fingerprint density at radius 2 is 1.92 bits per heavy atom. The summed E-state index contributed by atoms with van der Waals surface area (Å²) in [5.41, 5.74) is 0.627. The standard InChI is InChI=1S/C16H24N4O3.ClH/c1-19(12-16(22)20-9-7-17-8-10-20)11-15(21)18-13-5-3-4-6-14(13)23-2;/h3-6,17H,7-12H2,1-2H3,(H,18,21);1H. The minimum absolute atomic E-state index is 0. The van der Waals surface area contributed by atoms with Crippen molar-refractivity contribution in [3.8, 4) is 5.75 Å². The molecular weight excluding hydrogens is 332 g/mol. The molecule has 0 radical (unpaired) electrons. The van der Waals surface area contributed by atoms with Crippen LogP contribution in [0.2, 0.25) is 0 Å². The van der Waals surface area contributed by atoms with Crippen LogP contribution in [0, 0.1) is 0 Å². The maximum atomic E-state index is 12.2. The van der Waals surface area contributed by atoms with Crippen LogP contribution >= 0.6 is 12.4 Å². The fourth-order valence-electron chi connectivity index (χ4n) is 2.48. The van der Waals surface area contributed by atoms with E-state index in [1.807, 2.05) is 17.0 Å². The highest BCUT2D eigenvalue weighted by atomic mass is 35.5. The van der Waals surface area contributed by atoms with Crippen LogP contribution in [0.25, 0.3) is 0 Å². The number of hydrogen-bond acceptors (Lipinski definition) is 5. The van der Waals surface area contributed by atoms with Crippen molar-refractivity contribution >= 4 is 29.9 Å². The van der Waals surface area contributed by atoms with Crippen LogP contribution in [0.5, 0.6) is 5.75 Å². The fraction of sp³-hybridized carbons (Fsp3) is 0.500. The van der Waals surface area contributed by atoms with Gasteiger partial charge in [-0.15, -0.1) is 12.4 Å². The van der Waals surface area contributed by atoms with Crippen LogP contribution in [-0.2, 0) is 9.59 Å². The number of piperazine rings is 1. The molecule has 0 saturated carbocycles. The molecule has 0 aromatic heterocycles. The first kappa shape index (κ1) is 20.2. The number of benzene rings is 1. The quantitative estimate of drug-likeness (QED) is 0.772. The van der Waals surface area contributed by atoms with E-state index in [9.17, 15) is 9.59 Å². The number of para-hydroxylation sites is 2. The summed E-state index contributed by atoms with van der Waals surface area (Å²) in [6.45, 7) is 3.48. The van der Waals surface area contributed by atoms with Gasteiger partial charge in [0.25, 0.3) is 0 Å². The lowest BCUT2D eigenvalue weighted by Gasteiger charge is -2.29. The number of methoxy groups -OCH3 is 1. The van der Waals surface area contributed by atoms with Crippen molar-refractivity contribution in [2.75, 3.05) is 58.7 Å². The van der Waals surface area contributed by atoms with Crippen molar-refractivity contribution in [1.29, 1.82) is 0 Å². The lowest BCUT2D eigenvalue weighted by molar-refractivity contribution is -0.133. The lowest BCUT2D eigenvalue weighted by Crippen LogP contribution is -2.49. The van der Waals surface area contributed by atoms with E-state index in [4.69, 9.17) is 4.74 Å². The molecule has 0 bridgehead atoms. The van der Waals surface area contributed by atoms with E-state index < -0.39 is 0 Å². The predicted molar refractivity (Wildman–Crippen MR) is 95.8 cm³/mol. The van der Waals surface area contributed by atoms with Crippen molar-refractivity contribution in [3.63, 3.8) is 0 Å². The molecule has 1 aliphatic heterocycles. The van der Waals surface area contributed by atoms with Crippen LogP contribution in [-0.4, -0.2) is 75.0 Å². The van der Waals surface area contributed by atoms with Gasteiger partial charge in [0, 0.05) is 26.2 Å². The molecule has 1 aliphatic rings. The SMILES string of the molecule is COc1ccccc1NC(=O)CN(C)CC(=O)N1CCNCC1.Cl. The molecule has 2 amide bonds. The maximum Gasteiger partial charge on any atom is 0.238 e. The molecule has 0 atom stereocenters. The van der Waals surface area contributed by atoms with E-state index in [-0.39, 0.29) is 37.3 Å². The molecule has 134 valence electrons. The van der Waals surface area contributed by atoms with E-state index >= 15 is 0 Å². The highest BCUT2D eigenvalue weighted by molar-refractivity contribution is 5.94. The van der Waals surface area contributed by atoms with Crippen LogP contribution in [0.4, 0.5) is 5.69 Å². The Hall–Kier alpha value is -1.83. The predicted octanol–water partition coefficient (Wildman–Crippen LogP) is 0.419. The average molecular weight is 357 g/mol. The Morgan fingerprint density at radius 3 is 2.58 bits per heavy atom. The van der Waals surface area contributed by atoms with E-state index in [2.05, 4.69) is 10.6 Å². The number of ether oxygens (including phenoxy) is 1. The van der Waals surface area contributed by atoms with E-state index in [1.165, 1.54) is 0 Å². The largest absolute Gasteiger partial charge is 0.495 e. The number of amides is 2. The zero-order chi connectivity index (χ0) is 16.7. The molecule has 0 spiro atoms. The summed E-state index contributed by atoms with van der Waals surface area (Å²) in [5, 5.41) is 6.01. The molecule has 2 rings (SSSR count). The van der Waals surface area contributed by atoms with Gasteiger partial charge in [0.15, 0.2) is 0 Å². The molecule has 0 unspecified atom stereocenters. The monoisotopic (exact) mass is 356 g/mol. The van der Waals surface area contributed by atoms with Gasteiger partial charge >= 0.3 is 0 Å². The first-order chi connectivity index (χ1) is 11.1. The maximum absolute atomic E-state index is 12.2. The summed E-state index contributed by atoms with van der Waals surface area (Å²) in [4.78, 5) is 27.8. The fourth-order valence-corrected chi connectivity index (χ4v) is 2.48. The van der Waals surface area contributed by atoms with Crippen molar-refractivity contribution in [2.24, 2.45) is 0 Å². The lowest BCUT2D eigenvalue weighted by atomic mass is 10.3. The van der Waals surface area contributed by atoms with Crippen molar-refractivity contribution in [1.82, 2.24) is 15.1 Å². The molecular formula is C16H25ClN4O3. The van der Waals surface area contributed by atoms with E-state index in [0.29, 0.717) is 11.4 Å². The summed E-state index contributed by atoms with van der Waals surface area (Å²) >= 11 is 0. The van der Waals surface area contributed by atoms with Gasteiger partial charge in [-0.2, -0.15) is 0 Å². The second-order valence-electron chi connectivity index (χ2n) is 5.55. The van der Waals surface area contributed by atoms with Gasteiger partial charge in [-0.05, 0) is 19.2 Å². The third kappa shape index (κ3) is 5.99. The van der Waals surface area contributed by atoms with Crippen LogP contribution < -0.4 is 15.4 Å². The first-order valence-electron chi connectivity index (χ1n) is 7.70. The Morgan fingerprint density at radius 1 is 1.25 bits per heavy atom. The van der Waals surface area contributed by atoms with Crippen LogP contribution in [0.3, 0.4) is 0 Å². The van der Waals surface area contributed by atoms with Gasteiger partial charge in [-0.1, -0.05) is 12.1 Å². The second-order valence-corrected chi connectivity index (χ2v) is 5.55. The number of nitrogens with zero attached hydrogens (tertiary/aromatic N) is 2. The van der Waals surface area contributed by atoms with Gasteiger partial charge in [0.05, 0.1) is 25.9 Å². The highest BCUT2D eigenvalue weighted by Gasteiger charge is 2.18. The highest BCUT2D eigenvalue weighted by Crippen LogP contribution is 2.22. The van der Waals surface area contributed by atoms with Crippen molar-refractivity contribution in [3.05, 3.63) is 24.3 Å². The molecule has 1 aromatic rings. The smallest absolute Gasteiger partial charge is 0.238 e. The molecule has 24 heavy (non-hydrogen) atoms. The summed E-state index contributed by atoms with van der Waals surface area (Å²) in [6.07, 6.45) is 0. The number of likely N-dealkylation sites (N-methyl/N-ethyl adjacent to an activating group) is 1. The average Bonchev–Trinajstić information content (AvgIpc) is 2.55. The summed E-state index contributed by atoms with van der Waals surface area (Å²) in [6, 6.07) is 7.23. The first-order valence-corrected chi connectivity index (χ1v) is 7.70. The van der Waals surface area contributed by atoms with Gasteiger partial charge in [0.1, 0.15) is 5.75 Å². The van der Waals surface area contributed by atoms with Gasteiger partial charge in [-0.25, -0.2) is 0 Å². The normalized spacial score (nSPS) is 14.0. The zero-order valence-corrected chi connectivity index (χ0v) is 14.9. The molecule has 8 heteroatoms. The molecule has 1 saturated heterocycles. The Kier molecular flexibility index (Phi) is 8.53. The zero-order valence-electron chi connectivity index (χ0n) is 14.1. The third-order valence-corrected chi connectivity index (χ3v) is 3.67. The molecule has 1 aromatic carbocycles. The molecule has 1 fully saturated rings. The second kappa shape index (κ2) is 10.1. The number of anilines is 1. The number of halogens is 1. The number of carbonyl (C=O) groups excluding carboxylic acids is 2. The van der Waals surface area contributed by atoms with E-state index in [0.717, 1.165) is 26.2 Å². The van der Waals surface area contributed by atoms with Gasteiger partial charge < -0.3 is 20.3 Å². The summed E-state index contributed by atoms with van der Waals surface area (Å²) in [7, 11) is 3.32. The summed E-state index contributed by atoms with van der Waals surface area (Å²) in [5.74, 6) is 0.490. The number of nitrogens with one attached hydrogen (secondary N) is 2. The Bertz CT molecular complexity index is 550. The minimum Gasteiger partial charge on any atom is -0.495 e. The third-order valence-electron chi connectivity index (χ3n) is 3.67. The van der Waals surface area contributed by atoms with Crippen molar-refractivity contribution < 1.29 is 14.3 Å². The van der Waals surface area contributed by atoms with Crippen molar-refractivity contribution in [2.45, 2.75) is 0 Å². The molecule has 7 nitrogen and oxygen atoms in total. The van der Waals surface area contributed by atoms with Gasteiger partial charge in [0.2, 0.25) is 11.8 Å². The number of hydrogen-bond donors (Lipinski definition) is 2. The Labute approximate surface area is 148 Å². The van der Waals surface area contributed by atoms with E-state index in [1.54, 1.807) is 31.2 Å². The molecule has 2 N–H and O–H groups in total. The number of rotatable bonds is 6. The molecule has 0 aliphatic carbocycles. The Balaban J connectivity index is 0.00000288. The van der Waals surface area contributed by atoms with Crippen LogP contribution in [0.15, 0.2) is 24.3 Å². The van der Waals surface area contributed by atoms with Crippen LogP contribution in [0.1, 0.15) is 0 Å². The minimum atomic E-state index is -0.176. The number of carbonyl (C=O) groups is 2. The topological polar surface area (TPSA) is 73.9 Å². The molecule has 1 heterocycles.